The summed E-state index contributed by atoms with van der Waals surface area (Å²) in [6.07, 6.45) is -3.85. The Hall–Kier alpha value is -2.57. The predicted octanol–water partition coefficient (Wildman–Crippen LogP) is 3.24. The van der Waals surface area contributed by atoms with Crippen LogP contribution in [-0.4, -0.2) is 10.9 Å². The van der Waals surface area contributed by atoms with Gasteiger partial charge in [0.15, 0.2) is 0 Å². The van der Waals surface area contributed by atoms with Crippen LogP contribution in [0, 0.1) is 6.92 Å². The van der Waals surface area contributed by atoms with E-state index >= 15 is 0 Å². The number of hydrogen-bond acceptors (Lipinski definition) is 3. The number of halogens is 3. The van der Waals surface area contributed by atoms with E-state index in [1.54, 1.807) is 25.1 Å². The summed E-state index contributed by atoms with van der Waals surface area (Å²) in [7, 11) is 0. The number of rotatable bonds is 2. The minimum atomic E-state index is -4.48. The smallest absolute Gasteiger partial charge is 0.399 e. The van der Waals surface area contributed by atoms with Gasteiger partial charge in [-0.15, -0.1) is 0 Å². The molecule has 0 unspecified atom stereocenters. The molecule has 1 aromatic heterocycles. The van der Waals surface area contributed by atoms with Crippen molar-refractivity contribution in [3.05, 3.63) is 53.3 Å². The molecule has 3 N–H and O–H groups in total. The molecule has 0 spiro atoms. The fraction of sp³-hybridized carbons (Fsp3) is 0.143. The average molecular weight is 295 g/mol. The van der Waals surface area contributed by atoms with Crippen molar-refractivity contribution in [1.29, 1.82) is 0 Å². The molecule has 0 aliphatic heterocycles. The van der Waals surface area contributed by atoms with Gasteiger partial charge >= 0.3 is 6.18 Å². The molecule has 0 aliphatic rings. The van der Waals surface area contributed by atoms with E-state index in [-0.39, 0.29) is 5.69 Å². The third kappa shape index (κ3) is 3.50. The normalized spacial score (nSPS) is 11.2. The highest BCUT2D eigenvalue weighted by Crippen LogP contribution is 2.28. The molecule has 0 atom stereocenters. The van der Waals surface area contributed by atoms with E-state index in [1.165, 1.54) is 0 Å². The summed E-state index contributed by atoms with van der Waals surface area (Å²) in [6.45, 7) is 1.77. The number of anilines is 2. The van der Waals surface area contributed by atoms with Crippen molar-refractivity contribution >= 4 is 17.3 Å². The number of aryl methyl sites for hydroxylation is 1. The molecule has 21 heavy (non-hydrogen) atoms. The summed E-state index contributed by atoms with van der Waals surface area (Å²) in [5.74, 6) is -0.600. The zero-order chi connectivity index (χ0) is 15.6. The largest absolute Gasteiger partial charge is 0.417 e. The predicted molar refractivity (Wildman–Crippen MR) is 72.8 cm³/mol. The number of pyridine rings is 1. The molecular formula is C14H12F3N3O. The number of nitrogens with one attached hydrogen (secondary N) is 1. The number of benzene rings is 1. The second-order valence-electron chi connectivity index (χ2n) is 4.46. The number of hydrogen-bond donors (Lipinski definition) is 2. The van der Waals surface area contributed by atoms with Gasteiger partial charge in [-0.1, -0.05) is 6.07 Å². The van der Waals surface area contributed by atoms with Crippen molar-refractivity contribution in [3.8, 4) is 0 Å². The van der Waals surface area contributed by atoms with Crippen LogP contribution in [-0.2, 0) is 6.18 Å². The lowest BCUT2D eigenvalue weighted by atomic mass is 10.1. The summed E-state index contributed by atoms with van der Waals surface area (Å²) < 4.78 is 37.2. The summed E-state index contributed by atoms with van der Waals surface area (Å²) >= 11 is 0. The van der Waals surface area contributed by atoms with Crippen LogP contribution >= 0.6 is 0 Å². The van der Waals surface area contributed by atoms with Crippen molar-refractivity contribution in [2.45, 2.75) is 13.1 Å². The third-order valence-corrected chi connectivity index (χ3v) is 2.83. The Kier molecular flexibility index (Phi) is 3.84. The van der Waals surface area contributed by atoms with Gasteiger partial charge in [0.2, 0.25) is 0 Å². The maximum Gasteiger partial charge on any atom is 0.417 e. The fourth-order valence-corrected chi connectivity index (χ4v) is 1.66. The van der Waals surface area contributed by atoms with Gasteiger partial charge in [-0.3, -0.25) is 9.78 Å². The molecule has 4 nitrogen and oxygen atoms in total. The molecule has 2 aromatic rings. The van der Waals surface area contributed by atoms with Gasteiger partial charge in [-0.25, -0.2) is 0 Å². The molecule has 1 amide bonds. The van der Waals surface area contributed by atoms with Crippen LogP contribution in [0.5, 0.6) is 0 Å². The first-order chi connectivity index (χ1) is 9.77. The van der Waals surface area contributed by atoms with E-state index in [0.29, 0.717) is 17.6 Å². The van der Waals surface area contributed by atoms with Gasteiger partial charge in [0.05, 0.1) is 5.56 Å². The molecule has 0 aliphatic carbocycles. The van der Waals surface area contributed by atoms with Crippen LogP contribution in [0.4, 0.5) is 24.5 Å². The molecule has 7 heteroatoms. The van der Waals surface area contributed by atoms with E-state index in [0.717, 1.165) is 17.7 Å². The average Bonchev–Trinajstić information content (AvgIpc) is 2.42. The monoisotopic (exact) mass is 295 g/mol. The Bertz CT molecular complexity index is 666. The van der Waals surface area contributed by atoms with Crippen LogP contribution in [0.3, 0.4) is 0 Å². The molecule has 0 bridgehead atoms. The number of aromatic nitrogens is 1. The number of carbonyl (C=O) groups is 1. The van der Waals surface area contributed by atoms with Gasteiger partial charge in [0, 0.05) is 17.6 Å². The van der Waals surface area contributed by atoms with Gasteiger partial charge in [0.25, 0.3) is 5.91 Å². The van der Waals surface area contributed by atoms with E-state index in [9.17, 15) is 18.0 Å². The molecule has 0 radical (unpaired) electrons. The van der Waals surface area contributed by atoms with Crippen LogP contribution < -0.4 is 11.1 Å². The van der Waals surface area contributed by atoms with E-state index in [1.807, 2.05) is 0 Å². The zero-order valence-electron chi connectivity index (χ0n) is 11.0. The van der Waals surface area contributed by atoms with Gasteiger partial charge < -0.3 is 11.1 Å². The Labute approximate surface area is 118 Å². The van der Waals surface area contributed by atoms with E-state index in [4.69, 9.17) is 5.73 Å². The van der Waals surface area contributed by atoms with Crippen molar-refractivity contribution in [1.82, 2.24) is 4.98 Å². The Morgan fingerprint density at radius 3 is 2.52 bits per heavy atom. The van der Waals surface area contributed by atoms with E-state index < -0.39 is 17.6 Å². The van der Waals surface area contributed by atoms with Gasteiger partial charge in [-0.2, -0.15) is 13.2 Å². The molecule has 0 saturated carbocycles. The number of nitrogen functional groups attached to an aromatic ring is 1. The van der Waals surface area contributed by atoms with Gasteiger partial charge in [0.1, 0.15) is 5.69 Å². The number of amides is 1. The molecular weight excluding hydrogens is 283 g/mol. The van der Waals surface area contributed by atoms with Crippen LogP contribution in [0.1, 0.15) is 21.6 Å². The summed E-state index contributed by atoms with van der Waals surface area (Å²) in [6, 6.07) is 6.82. The lowest BCUT2D eigenvalue weighted by Crippen LogP contribution is -2.15. The highest BCUT2D eigenvalue weighted by molar-refractivity contribution is 6.03. The summed E-state index contributed by atoms with van der Waals surface area (Å²) in [5.41, 5.74) is 6.35. The second kappa shape index (κ2) is 5.43. The molecule has 1 heterocycles. The number of carbonyl (C=O) groups excluding carboxylic acids is 1. The van der Waals surface area contributed by atoms with Crippen molar-refractivity contribution in [2.24, 2.45) is 0 Å². The third-order valence-electron chi connectivity index (χ3n) is 2.83. The quantitative estimate of drug-likeness (QED) is 0.836. The first kappa shape index (κ1) is 14.8. The first-order valence-electron chi connectivity index (χ1n) is 5.98. The zero-order valence-corrected chi connectivity index (χ0v) is 11.0. The number of nitrogens with zero attached hydrogens (tertiary/aromatic N) is 1. The molecule has 110 valence electrons. The SMILES string of the molecule is Cc1ccc(N)cc1NC(=O)c1ccc(C(F)(F)F)cn1. The molecule has 0 fully saturated rings. The highest BCUT2D eigenvalue weighted by Gasteiger charge is 2.30. The Balaban J connectivity index is 2.19. The topological polar surface area (TPSA) is 68.0 Å². The van der Waals surface area contributed by atoms with Crippen LogP contribution in [0.25, 0.3) is 0 Å². The van der Waals surface area contributed by atoms with Crippen LogP contribution in [0.2, 0.25) is 0 Å². The summed E-state index contributed by atoms with van der Waals surface area (Å²) in [5, 5.41) is 2.56. The standard InChI is InChI=1S/C14H12F3N3O/c1-8-2-4-10(18)6-12(8)20-13(21)11-5-3-9(7-19-11)14(15,16)17/h2-7H,18H2,1H3,(H,20,21). The van der Waals surface area contributed by atoms with E-state index in [2.05, 4.69) is 10.3 Å². The summed E-state index contributed by atoms with van der Waals surface area (Å²) in [4.78, 5) is 15.5. The van der Waals surface area contributed by atoms with Crippen molar-refractivity contribution in [2.75, 3.05) is 11.1 Å². The highest BCUT2D eigenvalue weighted by atomic mass is 19.4. The lowest BCUT2D eigenvalue weighted by Gasteiger charge is -2.10. The molecule has 0 saturated heterocycles. The van der Waals surface area contributed by atoms with Crippen molar-refractivity contribution in [3.63, 3.8) is 0 Å². The molecule has 1 aromatic carbocycles. The first-order valence-corrected chi connectivity index (χ1v) is 5.98. The second-order valence-corrected chi connectivity index (χ2v) is 4.46. The van der Waals surface area contributed by atoms with Crippen molar-refractivity contribution < 1.29 is 18.0 Å². The maximum absolute atomic E-state index is 12.4. The minimum absolute atomic E-state index is 0.107. The number of alkyl halides is 3. The maximum atomic E-state index is 12.4. The van der Waals surface area contributed by atoms with Gasteiger partial charge in [-0.05, 0) is 36.8 Å². The lowest BCUT2D eigenvalue weighted by molar-refractivity contribution is -0.137. The Morgan fingerprint density at radius 1 is 1.24 bits per heavy atom. The number of nitrogens with two attached hydrogens (primary N) is 1. The molecule has 2 rings (SSSR count). The minimum Gasteiger partial charge on any atom is -0.399 e. The Morgan fingerprint density at radius 2 is 1.95 bits per heavy atom. The fourth-order valence-electron chi connectivity index (χ4n) is 1.66. The van der Waals surface area contributed by atoms with Crippen LogP contribution in [0.15, 0.2) is 36.5 Å².